The number of ether oxygens (including phenoxy) is 1. The molecule has 33 heavy (non-hydrogen) atoms. The van der Waals surface area contributed by atoms with Crippen LogP contribution in [0.4, 0.5) is 0 Å². The van der Waals surface area contributed by atoms with Crippen molar-refractivity contribution < 1.29 is 9.53 Å². The number of para-hydroxylation sites is 1. The Bertz CT molecular complexity index is 1470. The number of imidazole rings is 1. The van der Waals surface area contributed by atoms with Crippen molar-refractivity contribution in [2.24, 2.45) is 5.92 Å². The normalized spacial score (nSPS) is 11.3. The fourth-order valence-corrected chi connectivity index (χ4v) is 3.94. The molecule has 0 aliphatic rings. The summed E-state index contributed by atoms with van der Waals surface area (Å²) in [6.45, 7) is 3.92. The molecule has 0 N–H and O–H groups in total. The number of carbonyl (C=O) groups is 1. The maximum Gasteiger partial charge on any atom is 0.337 e. The lowest BCUT2D eigenvalue weighted by molar-refractivity contribution is 0.0973. The lowest BCUT2D eigenvalue weighted by Crippen LogP contribution is -2.41. The first-order valence-electron chi connectivity index (χ1n) is 10.4. The molecule has 2 heterocycles. The summed E-state index contributed by atoms with van der Waals surface area (Å²) in [7, 11) is 1.53. The number of rotatable bonds is 7. The molecule has 4 rings (SSSR count). The van der Waals surface area contributed by atoms with Crippen LogP contribution < -0.4 is 16.0 Å². The number of fused-ring (bicyclic) bond motifs is 1. The highest BCUT2D eigenvalue weighted by atomic mass is 35.5. The van der Waals surface area contributed by atoms with E-state index in [9.17, 15) is 14.4 Å². The van der Waals surface area contributed by atoms with Gasteiger partial charge in [0.1, 0.15) is 5.75 Å². The first-order chi connectivity index (χ1) is 15.8. The zero-order valence-corrected chi connectivity index (χ0v) is 19.2. The Kier molecular flexibility index (Phi) is 6.20. The van der Waals surface area contributed by atoms with E-state index in [0.717, 1.165) is 0 Å². The number of nitrogens with zero attached hydrogens (tertiary/aromatic N) is 4. The van der Waals surface area contributed by atoms with E-state index in [-0.39, 0.29) is 36.0 Å². The van der Waals surface area contributed by atoms with Gasteiger partial charge >= 0.3 is 5.69 Å². The molecule has 0 aliphatic heterocycles. The van der Waals surface area contributed by atoms with Crippen LogP contribution in [0, 0.1) is 5.92 Å². The summed E-state index contributed by atoms with van der Waals surface area (Å²) in [6, 6.07) is 13.6. The van der Waals surface area contributed by atoms with Gasteiger partial charge in [-0.3, -0.25) is 14.2 Å². The van der Waals surface area contributed by atoms with Crippen LogP contribution in [-0.4, -0.2) is 31.6 Å². The largest absolute Gasteiger partial charge is 0.497 e. The Hall–Kier alpha value is -3.65. The van der Waals surface area contributed by atoms with Gasteiger partial charge in [-0.15, -0.1) is 0 Å². The molecule has 2 aromatic heterocycles. The standard InChI is InChI=1S/C24H23ClN4O4/c1-15(2)12-28-23(31)21-22(29(24(28)32)19-10-5-4-9-18(19)25)26-14-27(21)13-20(30)16-7-6-8-17(11-16)33-3/h4-11,14-15H,12-13H2,1-3H3. The molecule has 0 saturated heterocycles. The highest BCUT2D eigenvalue weighted by Crippen LogP contribution is 2.22. The fourth-order valence-electron chi connectivity index (χ4n) is 3.72. The van der Waals surface area contributed by atoms with Crippen molar-refractivity contribution in [2.75, 3.05) is 7.11 Å². The summed E-state index contributed by atoms with van der Waals surface area (Å²) < 4.78 is 9.17. The van der Waals surface area contributed by atoms with E-state index in [1.54, 1.807) is 48.5 Å². The zero-order chi connectivity index (χ0) is 23.7. The van der Waals surface area contributed by atoms with Gasteiger partial charge in [-0.05, 0) is 30.2 Å². The molecule has 0 spiro atoms. The predicted molar refractivity (Wildman–Crippen MR) is 127 cm³/mol. The third kappa shape index (κ3) is 4.21. The summed E-state index contributed by atoms with van der Waals surface area (Å²) in [5.74, 6) is 0.379. The van der Waals surface area contributed by atoms with Crippen LogP contribution in [0.3, 0.4) is 0 Å². The molecule has 0 bridgehead atoms. The molecule has 2 aromatic carbocycles. The second-order valence-corrected chi connectivity index (χ2v) is 8.49. The number of Topliss-reactive ketones (excluding diaryl/α,β-unsaturated/α-hetero) is 1. The van der Waals surface area contributed by atoms with Crippen LogP contribution in [0.1, 0.15) is 24.2 Å². The van der Waals surface area contributed by atoms with Crippen LogP contribution >= 0.6 is 11.6 Å². The van der Waals surface area contributed by atoms with Crippen LogP contribution in [0.2, 0.25) is 5.02 Å². The minimum Gasteiger partial charge on any atom is -0.497 e. The Balaban J connectivity index is 1.92. The van der Waals surface area contributed by atoms with Gasteiger partial charge in [0, 0.05) is 12.1 Å². The highest BCUT2D eigenvalue weighted by Gasteiger charge is 2.22. The maximum atomic E-state index is 13.4. The number of hydrogen-bond donors (Lipinski definition) is 0. The third-order valence-electron chi connectivity index (χ3n) is 5.25. The fraction of sp³-hybridized carbons (Fsp3) is 0.250. The van der Waals surface area contributed by atoms with E-state index in [1.165, 1.54) is 27.1 Å². The first kappa shape index (κ1) is 22.5. The van der Waals surface area contributed by atoms with E-state index >= 15 is 0 Å². The van der Waals surface area contributed by atoms with Gasteiger partial charge in [0.25, 0.3) is 5.56 Å². The van der Waals surface area contributed by atoms with Crippen LogP contribution in [0.5, 0.6) is 5.75 Å². The second-order valence-electron chi connectivity index (χ2n) is 8.08. The van der Waals surface area contributed by atoms with Crippen molar-refractivity contribution in [3.63, 3.8) is 0 Å². The van der Waals surface area contributed by atoms with Crippen molar-refractivity contribution in [3.05, 3.63) is 86.3 Å². The second kappa shape index (κ2) is 9.07. The Morgan fingerprint density at radius 1 is 1.12 bits per heavy atom. The first-order valence-corrected chi connectivity index (χ1v) is 10.8. The molecule has 0 fully saturated rings. The van der Waals surface area contributed by atoms with Crippen molar-refractivity contribution in [1.82, 2.24) is 18.7 Å². The van der Waals surface area contributed by atoms with Crippen LogP contribution in [-0.2, 0) is 13.1 Å². The molecule has 8 nitrogen and oxygen atoms in total. The molecule has 0 unspecified atom stereocenters. The Labute approximate surface area is 194 Å². The van der Waals surface area contributed by atoms with E-state index in [4.69, 9.17) is 16.3 Å². The van der Waals surface area contributed by atoms with Crippen molar-refractivity contribution in [1.29, 1.82) is 0 Å². The topological polar surface area (TPSA) is 88.1 Å². The molecule has 0 aliphatic carbocycles. The number of ketones is 1. The molecule has 0 amide bonds. The van der Waals surface area contributed by atoms with Crippen molar-refractivity contribution in [2.45, 2.75) is 26.9 Å². The zero-order valence-electron chi connectivity index (χ0n) is 18.5. The van der Waals surface area contributed by atoms with E-state index in [1.807, 2.05) is 13.8 Å². The van der Waals surface area contributed by atoms with Gasteiger partial charge in [-0.1, -0.05) is 49.7 Å². The van der Waals surface area contributed by atoms with Gasteiger partial charge in [0.05, 0.1) is 30.7 Å². The average molecular weight is 467 g/mol. The Morgan fingerprint density at radius 2 is 1.88 bits per heavy atom. The molecule has 0 radical (unpaired) electrons. The van der Waals surface area contributed by atoms with Crippen LogP contribution in [0.25, 0.3) is 16.9 Å². The summed E-state index contributed by atoms with van der Waals surface area (Å²) in [5.41, 5.74) is 0.138. The SMILES string of the molecule is COc1cccc(C(=O)Cn2cnc3c2c(=O)n(CC(C)C)c(=O)n3-c2ccccc2Cl)c1. The summed E-state index contributed by atoms with van der Waals surface area (Å²) in [5, 5.41) is 0.345. The highest BCUT2D eigenvalue weighted by molar-refractivity contribution is 6.32. The average Bonchev–Trinajstić information content (AvgIpc) is 3.21. The molecule has 0 saturated carbocycles. The minimum absolute atomic E-state index is 0.0438. The Morgan fingerprint density at radius 3 is 2.58 bits per heavy atom. The number of halogens is 1. The third-order valence-corrected chi connectivity index (χ3v) is 5.57. The molecular formula is C24H23ClN4O4. The van der Waals surface area contributed by atoms with Crippen molar-refractivity contribution in [3.8, 4) is 11.4 Å². The minimum atomic E-state index is -0.529. The lowest BCUT2D eigenvalue weighted by atomic mass is 10.1. The van der Waals surface area contributed by atoms with E-state index in [0.29, 0.717) is 22.0 Å². The van der Waals surface area contributed by atoms with Gasteiger partial charge < -0.3 is 9.30 Å². The van der Waals surface area contributed by atoms with E-state index in [2.05, 4.69) is 4.98 Å². The van der Waals surface area contributed by atoms with Gasteiger partial charge in [-0.2, -0.15) is 0 Å². The number of methoxy groups -OCH3 is 1. The quantitative estimate of drug-likeness (QED) is 0.389. The number of carbonyl (C=O) groups excluding carboxylic acids is 1. The monoisotopic (exact) mass is 466 g/mol. The molecular weight excluding hydrogens is 444 g/mol. The van der Waals surface area contributed by atoms with E-state index < -0.39 is 11.2 Å². The summed E-state index contributed by atoms with van der Waals surface area (Å²) >= 11 is 6.38. The molecule has 4 aromatic rings. The van der Waals surface area contributed by atoms with Crippen LogP contribution in [0.15, 0.2) is 64.4 Å². The number of aromatic nitrogens is 4. The predicted octanol–water partition coefficient (Wildman–Crippen LogP) is 3.55. The molecule has 9 heteroatoms. The summed E-state index contributed by atoms with van der Waals surface area (Å²) in [4.78, 5) is 44.0. The molecule has 0 atom stereocenters. The number of benzene rings is 2. The lowest BCUT2D eigenvalue weighted by Gasteiger charge is -2.14. The van der Waals surface area contributed by atoms with Gasteiger partial charge in [0.2, 0.25) is 0 Å². The van der Waals surface area contributed by atoms with Gasteiger partial charge in [-0.25, -0.2) is 14.3 Å². The number of hydrogen-bond acceptors (Lipinski definition) is 5. The molecule has 170 valence electrons. The smallest absolute Gasteiger partial charge is 0.337 e. The van der Waals surface area contributed by atoms with Crippen molar-refractivity contribution >= 4 is 28.5 Å². The summed E-state index contributed by atoms with van der Waals surface area (Å²) in [6.07, 6.45) is 1.40. The van der Waals surface area contributed by atoms with Gasteiger partial charge in [0.15, 0.2) is 16.9 Å². The maximum absolute atomic E-state index is 13.4.